The first-order valence-corrected chi connectivity index (χ1v) is 7.13. The molecule has 6 nitrogen and oxygen atoms in total. The fourth-order valence-electron chi connectivity index (χ4n) is 1.90. The Morgan fingerprint density at radius 2 is 2.04 bits per heavy atom. The Morgan fingerprint density at radius 1 is 1.30 bits per heavy atom. The van der Waals surface area contributed by atoms with Crippen LogP contribution >= 0.6 is 0 Å². The van der Waals surface area contributed by atoms with Crippen LogP contribution in [0, 0.1) is 0 Å². The summed E-state index contributed by atoms with van der Waals surface area (Å²) in [5.74, 6) is -0.124. The summed E-state index contributed by atoms with van der Waals surface area (Å²) in [5.41, 5.74) is 3.13. The minimum atomic E-state index is -1.30. The molecule has 2 aromatic rings. The number of aliphatic hydroxyl groups excluding tert-OH is 1. The molecule has 0 saturated heterocycles. The lowest BCUT2D eigenvalue weighted by Gasteiger charge is -2.08. The number of phenols is 1. The third-order valence-electron chi connectivity index (χ3n) is 3.05. The summed E-state index contributed by atoms with van der Waals surface area (Å²) in [7, 11) is 0. The summed E-state index contributed by atoms with van der Waals surface area (Å²) in [6, 6.07) is 13.3. The zero-order valence-electron chi connectivity index (χ0n) is 12.6. The SMILES string of the molecule is CCOc1ccc(/C=N/NC(=O)[C@H](O)c2ccccc2)c(O)c1. The summed E-state index contributed by atoms with van der Waals surface area (Å²) in [5, 5.41) is 23.5. The van der Waals surface area contributed by atoms with Crippen molar-refractivity contribution in [3.8, 4) is 11.5 Å². The van der Waals surface area contributed by atoms with E-state index >= 15 is 0 Å². The van der Waals surface area contributed by atoms with Gasteiger partial charge in [0.2, 0.25) is 0 Å². The van der Waals surface area contributed by atoms with E-state index in [9.17, 15) is 15.0 Å². The van der Waals surface area contributed by atoms with Crippen LogP contribution < -0.4 is 10.2 Å². The maximum atomic E-state index is 11.8. The second-order valence-electron chi connectivity index (χ2n) is 4.70. The first kappa shape index (κ1) is 16.5. The number of amides is 1. The smallest absolute Gasteiger partial charge is 0.273 e. The zero-order valence-corrected chi connectivity index (χ0v) is 12.6. The molecule has 120 valence electrons. The van der Waals surface area contributed by atoms with Crippen molar-refractivity contribution in [2.45, 2.75) is 13.0 Å². The van der Waals surface area contributed by atoms with E-state index in [2.05, 4.69) is 10.5 Å². The molecule has 0 aromatic heterocycles. The van der Waals surface area contributed by atoms with Gasteiger partial charge in [-0.05, 0) is 24.6 Å². The highest BCUT2D eigenvalue weighted by atomic mass is 16.5. The van der Waals surface area contributed by atoms with E-state index in [1.165, 1.54) is 12.3 Å². The van der Waals surface area contributed by atoms with Gasteiger partial charge in [-0.15, -0.1) is 0 Å². The Labute approximate surface area is 134 Å². The molecule has 2 aromatic carbocycles. The first-order valence-electron chi connectivity index (χ1n) is 7.13. The van der Waals surface area contributed by atoms with Gasteiger partial charge in [0.15, 0.2) is 6.10 Å². The maximum Gasteiger partial charge on any atom is 0.273 e. The van der Waals surface area contributed by atoms with Gasteiger partial charge in [-0.25, -0.2) is 5.43 Å². The quantitative estimate of drug-likeness (QED) is 0.561. The Bertz CT molecular complexity index is 686. The average Bonchev–Trinajstić information content (AvgIpc) is 2.57. The van der Waals surface area contributed by atoms with E-state index in [0.717, 1.165) is 0 Å². The van der Waals surface area contributed by atoms with E-state index in [1.54, 1.807) is 42.5 Å². The summed E-state index contributed by atoms with van der Waals surface area (Å²) in [6.45, 7) is 2.35. The second-order valence-corrected chi connectivity index (χ2v) is 4.70. The lowest BCUT2D eigenvalue weighted by atomic mass is 10.1. The molecule has 0 aliphatic heterocycles. The first-order chi connectivity index (χ1) is 11.1. The van der Waals surface area contributed by atoms with E-state index in [1.807, 2.05) is 6.92 Å². The summed E-state index contributed by atoms with van der Waals surface area (Å²) >= 11 is 0. The normalized spacial score (nSPS) is 12.1. The van der Waals surface area contributed by atoms with Crippen molar-refractivity contribution in [2.24, 2.45) is 5.10 Å². The fourth-order valence-corrected chi connectivity index (χ4v) is 1.90. The zero-order chi connectivity index (χ0) is 16.7. The number of nitrogens with zero attached hydrogens (tertiary/aromatic N) is 1. The Kier molecular flexibility index (Phi) is 5.71. The van der Waals surface area contributed by atoms with E-state index in [0.29, 0.717) is 23.5 Å². The number of benzene rings is 2. The summed E-state index contributed by atoms with van der Waals surface area (Å²) in [4.78, 5) is 11.8. The Hall–Kier alpha value is -2.86. The van der Waals surface area contributed by atoms with Crippen LogP contribution in [0.4, 0.5) is 0 Å². The van der Waals surface area contributed by atoms with Crippen LogP contribution in [-0.4, -0.2) is 28.9 Å². The molecule has 0 spiro atoms. The number of carbonyl (C=O) groups is 1. The molecule has 1 amide bonds. The molecule has 0 bridgehead atoms. The van der Waals surface area contributed by atoms with Crippen molar-refractivity contribution >= 4 is 12.1 Å². The number of carbonyl (C=O) groups excluding carboxylic acids is 1. The molecule has 23 heavy (non-hydrogen) atoms. The van der Waals surface area contributed by atoms with E-state index in [-0.39, 0.29) is 5.75 Å². The predicted octanol–water partition coefficient (Wildman–Crippen LogP) is 1.97. The van der Waals surface area contributed by atoms with Gasteiger partial charge < -0.3 is 14.9 Å². The number of aromatic hydroxyl groups is 1. The number of aliphatic hydroxyl groups is 1. The molecule has 0 fully saturated rings. The van der Waals surface area contributed by atoms with Crippen LogP contribution in [0.25, 0.3) is 0 Å². The number of nitrogens with one attached hydrogen (secondary N) is 1. The average molecular weight is 314 g/mol. The largest absolute Gasteiger partial charge is 0.507 e. The van der Waals surface area contributed by atoms with Crippen molar-refractivity contribution in [3.05, 3.63) is 59.7 Å². The molecule has 0 saturated carbocycles. The minimum Gasteiger partial charge on any atom is -0.507 e. The van der Waals surface area contributed by atoms with Crippen LogP contribution in [-0.2, 0) is 4.79 Å². The van der Waals surface area contributed by atoms with Crippen molar-refractivity contribution in [3.63, 3.8) is 0 Å². The van der Waals surface area contributed by atoms with Crippen LogP contribution in [0.15, 0.2) is 53.6 Å². The number of phenolic OH excluding ortho intramolecular Hbond substituents is 1. The van der Waals surface area contributed by atoms with E-state index < -0.39 is 12.0 Å². The predicted molar refractivity (Wildman–Crippen MR) is 86.4 cm³/mol. The highest BCUT2D eigenvalue weighted by Gasteiger charge is 2.15. The van der Waals surface area contributed by atoms with Gasteiger partial charge in [0.05, 0.1) is 12.8 Å². The molecule has 2 rings (SSSR count). The lowest BCUT2D eigenvalue weighted by molar-refractivity contribution is -0.129. The van der Waals surface area contributed by atoms with Gasteiger partial charge in [0.25, 0.3) is 5.91 Å². The van der Waals surface area contributed by atoms with Gasteiger partial charge in [0, 0.05) is 11.6 Å². The molecule has 0 unspecified atom stereocenters. The second kappa shape index (κ2) is 7.95. The molecule has 0 aliphatic rings. The van der Waals surface area contributed by atoms with Crippen LogP contribution in [0.1, 0.15) is 24.2 Å². The minimum absolute atomic E-state index is 0.0162. The summed E-state index contributed by atoms with van der Waals surface area (Å²) < 4.78 is 5.26. The molecular weight excluding hydrogens is 296 g/mol. The van der Waals surface area contributed by atoms with Crippen LogP contribution in [0.2, 0.25) is 0 Å². The topological polar surface area (TPSA) is 91.2 Å². The van der Waals surface area contributed by atoms with Crippen LogP contribution in [0.3, 0.4) is 0 Å². The van der Waals surface area contributed by atoms with Crippen molar-refractivity contribution in [1.29, 1.82) is 0 Å². The van der Waals surface area contributed by atoms with Gasteiger partial charge in [-0.1, -0.05) is 30.3 Å². The maximum absolute atomic E-state index is 11.8. The molecular formula is C17H18N2O4. The van der Waals surface area contributed by atoms with Gasteiger partial charge in [-0.2, -0.15) is 5.10 Å². The molecule has 0 radical (unpaired) electrons. The van der Waals surface area contributed by atoms with Gasteiger partial charge in [0.1, 0.15) is 11.5 Å². The van der Waals surface area contributed by atoms with Gasteiger partial charge >= 0.3 is 0 Å². The number of hydrazone groups is 1. The third-order valence-corrected chi connectivity index (χ3v) is 3.05. The molecule has 1 atom stereocenters. The number of rotatable bonds is 6. The van der Waals surface area contributed by atoms with Crippen molar-refractivity contribution in [1.82, 2.24) is 5.43 Å². The van der Waals surface area contributed by atoms with Crippen LogP contribution in [0.5, 0.6) is 11.5 Å². The van der Waals surface area contributed by atoms with Gasteiger partial charge in [-0.3, -0.25) is 4.79 Å². The third kappa shape index (κ3) is 4.55. The van der Waals surface area contributed by atoms with Crippen molar-refractivity contribution in [2.75, 3.05) is 6.61 Å². The number of hydrogen-bond acceptors (Lipinski definition) is 5. The Morgan fingerprint density at radius 3 is 2.70 bits per heavy atom. The number of ether oxygens (including phenoxy) is 1. The summed E-state index contributed by atoms with van der Waals surface area (Å²) in [6.07, 6.45) is -0.0111. The fraction of sp³-hybridized carbons (Fsp3) is 0.176. The Balaban J connectivity index is 1.97. The number of hydrogen-bond donors (Lipinski definition) is 3. The lowest BCUT2D eigenvalue weighted by Crippen LogP contribution is -2.25. The monoisotopic (exact) mass is 314 g/mol. The molecule has 6 heteroatoms. The van der Waals surface area contributed by atoms with E-state index in [4.69, 9.17) is 4.74 Å². The van der Waals surface area contributed by atoms with Crippen molar-refractivity contribution < 1.29 is 19.7 Å². The highest BCUT2D eigenvalue weighted by Crippen LogP contribution is 2.22. The molecule has 0 heterocycles. The highest BCUT2D eigenvalue weighted by molar-refractivity contribution is 5.86. The standard InChI is InChI=1S/C17H18N2O4/c1-2-23-14-9-8-13(15(20)10-14)11-18-19-17(22)16(21)12-6-4-3-5-7-12/h3-11,16,20-21H,2H2,1H3,(H,19,22)/b18-11+/t16-/m1/s1. The molecule has 3 N–H and O–H groups in total. The molecule has 0 aliphatic carbocycles.